The molecule has 2 rings (SSSR count). The highest BCUT2D eigenvalue weighted by Gasteiger charge is 2.15. The van der Waals surface area contributed by atoms with Crippen LogP contribution in [0.2, 0.25) is 0 Å². The molecular weight excluding hydrogens is 224 g/mol. The van der Waals surface area contributed by atoms with E-state index in [0.717, 1.165) is 17.7 Å². The fraction of sp³-hybridized carbons (Fsp3) is 0.0769. The van der Waals surface area contributed by atoms with Crippen LogP contribution in [0.1, 0.15) is 21.6 Å². The topological polar surface area (TPSA) is 30.0 Å². The Morgan fingerprint density at radius 1 is 1.18 bits per heavy atom. The number of hydrogen-bond donors (Lipinski definition) is 0. The van der Waals surface area contributed by atoms with E-state index in [1.165, 1.54) is 12.3 Å². The van der Waals surface area contributed by atoms with Gasteiger partial charge in [0.1, 0.15) is 17.3 Å². The number of pyridine rings is 1. The molecule has 0 atom stereocenters. The van der Waals surface area contributed by atoms with Crippen LogP contribution >= 0.6 is 0 Å². The minimum absolute atomic E-state index is 0.140. The number of ketones is 1. The summed E-state index contributed by atoms with van der Waals surface area (Å²) in [4.78, 5) is 15.8. The first-order chi connectivity index (χ1) is 8.08. The summed E-state index contributed by atoms with van der Waals surface area (Å²) in [6, 6.07) is 6.07. The lowest BCUT2D eigenvalue weighted by molar-refractivity contribution is 0.103. The molecule has 1 aromatic carbocycles. The van der Waals surface area contributed by atoms with Crippen molar-refractivity contribution in [1.82, 2.24) is 4.98 Å². The third-order valence-corrected chi connectivity index (χ3v) is 2.32. The van der Waals surface area contributed by atoms with Gasteiger partial charge in [0, 0.05) is 12.3 Å². The molecule has 4 heteroatoms. The number of rotatable bonds is 2. The largest absolute Gasteiger partial charge is 0.287 e. The summed E-state index contributed by atoms with van der Waals surface area (Å²) >= 11 is 0. The smallest absolute Gasteiger partial charge is 0.214 e. The second-order valence-electron chi connectivity index (χ2n) is 3.67. The standard InChI is InChI=1S/C13H9F2NO/c1-8-2-5-12(16-7-8)13(17)10-4-3-9(14)6-11(10)15/h2-7H,1H3. The van der Waals surface area contributed by atoms with Gasteiger partial charge < -0.3 is 0 Å². The van der Waals surface area contributed by atoms with E-state index in [-0.39, 0.29) is 11.3 Å². The molecule has 0 amide bonds. The van der Waals surface area contributed by atoms with Crippen molar-refractivity contribution < 1.29 is 13.6 Å². The maximum absolute atomic E-state index is 13.4. The number of aryl methyl sites for hydroxylation is 1. The Labute approximate surface area is 96.9 Å². The summed E-state index contributed by atoms with van der Waals surface area (Å²) in [6.45, 7) is 1.83. The van der Waals surface area contributed by atoms with Gasteiger partial charge in [0.25, 0.3) is 0 Å². The quantitative estimate of drug-likeness (QED) is 0.746. The van der Waals surface area contributed by atoms with Gasteiger partial charge in [-0.05, 0) is 30.7 Å². The summed E-state index contributed by atoms with van der Waals surface area (Å²) in [5.41, 5.74) is 0.866. The molecule has 0 saturated carbocycles. The van der Waals surface area contributed by atoms with Crippen LogP contribution in [-0.2, 0) is 0 Å². The third-order valence-electron chi connectivity index (χ3n) is 2.32. The number of aromatic nitrogens is 1. The molecule has 0 bridgehead atoms. The second-order valence-corrected chi connectivity index (χ2v) is 3.67. The van der Waals surface area contributed by atoms with E-state index in [1.54, 1.807) is 6.07 Å². The molecule has 0 fully saturated rings. The lowest BCUT2D eigenvalue weighted by Gasteiger charge is -2.02. The predicted octanol–water partition coefficient (Wildman–Crippen LogP) is 2.90. The van der Waals surface area contributed by atoms with Crippen LogP contribution in [-0.4, -0.2) is 10.8 Å². The minimum Gasteiger partial charge on any atom is -0.287 e. The normalized spacial score (nSPS) is 10.3. The summed E-state index contributed by atoms with van der Waals surface area (Å²) < 4.78 is 26.1. The van der Waals surface area contributed by atoms with Gasteiger partial charge in [0.05, 0.1) is 5.56 Å². The van der Waals surface area contributed by atoms with Gasteiger partial charge in [-0.2, -0.15) is 0 Å². The van der Waals surface area contributed by atoms with Crippen molar-refractivity contribution in [2.45, 2.75) is 6.92 Å². The van der Waals surface area contributed by atoms with Crippen molar-refractivity contribution in [3.63, 3.8) is 0 Å². The van der Waals surface area contributed by atoms with Gasteiger partial charge in [-0.1, -0.05) is 6.07 Å². The Kier molecular flexibility index (Phi) is 2.95. The molecule has 0 unspecified atom stereocenters. The van der Waals surface area contributed by atoms with Crippen molar-refractivity contribution >= 4 is 5.78 Å². The maximum Gasteiger partial charge on any atom is 0.214 e. The first kappa shape index (κ1) is 11.4. The third kappa shape index (κ3) is 2.36. The number of carbonyl (C=O) groups is 1. The Morgan fingerprint density at radius 3 is 2.53 bits per heavy atom. The molecule has 86 valence electrons. The summed E-state index contributed by atoms with van der Waals surface area (Å²) in [5.74, 6) is -2.14. The second kappa shape index (κ2) is 4.41. The highest BCUT2D eigenvalue weighted by Crippen LogP contribution is 2.13. The molecule has 2 aromatic rings. The van der Waals surface area contributed by atoms with Crippen LogP contribution in [0.3, 0.4) is 0 Å². The van der Waals surface area contributed by atoms with E-state index in [4.69, 9.17) is 0 Å². The zero-order valence-electron chi connectivity index (χ0n) is 9.08. The Morgan fingerprint density at radius 2 is 1.94 bits per heavy atom. The average molecular weight is 233 g/mol. The fourth-order valence-corrected chi connectivity index (χ4v) is 1.41. The van der Waals surface area contributed by atoms with Crippen molar-refractivity contribution in [2.75, 3.05) is 0 Å². The Balaban J connectivity index is 2.40. The van der Waals surface area contributed by atoms with Crippen LogP contribution in [0.15, 0.2) is 36.5 Å². The lowest BCUT2D eigenvalue weighted by Crippen LogP contribution is -2.06. The van der Waals surface area contributed by atoms with Crippen LogP contribution in [0.4, 0.5) is 8.78 Å². The SMILES string of the molecule is Cc1ccc(C(=O)c2ccc(F)cc2F)nc1. The molecule has 0 aliphatic carbocycles. The molecule has 0 spiro atoms. The van der Waals surface area contributed by atoms with Crippen LogP contribution in [0.25, 0.3) is 0 Å². The van der Waals surface area contributed by atoms with E-state index in [1.807, 2.05) is 6.92 Å². The zero-order valence-corrected chi connectivity index (χ0v) is 9.08. The molecule has 0 radical (unpaired) electrons. The van der Waals surface area contributed by atoms with Gasteiger partial charge in [-0.15, -0.1) is 0 Å². The number of benzene rings is 1. The van der Waals surface area contributed by atoms with Crippen LogP contribution in [0, 0.1) is 18.6 Å². The van der Waals surface area contributed by atoms with Gasteiger partial charge in [-0.3, -0.25) is 9.78 Å². The lowest BCUT2D eigenvalue weighted by atomic mass is 10.1. The zero-order chi connectivity index (χ0) is 12.4. The number of halogens is 2. The van der Waals surface area contributed by atoms with E-state index in [2.05, 4.69) is 4.98 Å². The van der Waals surface area contributed by atoms with Gasteiger partial charge in [-0.25, -0.2) is 8.78 Å². The fourth-order valence-electron chi connectivity index (χ4n) is 1.41. The van der Waals surface area contributed by atoms with Gasteiger partial charge in [0.15, 0.2) is 0 Å². The molecule has 0 aliphatic rings. The minimum atomic E-state index is -0.877. The molecule has 0 aliphatic heterocycles. The maximum atomic E-state index is 13.4. The highest BCUT2D eigenvalue weighted by atomic mass is 19.1. The molecule has 1 aromatic heterocycles. The number of hydrogen-bond acceptors (Lipinski definition) is 2. The average Bonchev–Trinajstić information content (AvgIpc) is 2.29. The molecule has 17 heavy (non-hydrogen) atoms. The van der Waals surface area contributed by atoms with E-state index >= 15 is 0 Å². The van der Waals surface area contributed by atoms with Gasteiger partial charge >= 0.3 is 0 Å². The van der Waals surface area contributed by atoms with Crippen molar-refractivity contribution in [2.24, 2.45) is 0 Å². The van der Waals surface area contributed by atoms with E-state index in [9.17, 15) is 13.6 Å². The van der Waals surface area contributed by atoms with E-state index in [0.29, 0.717) is 6.07 Å². The molecule has 0 saturated heterocycles. The van der Waals surface area contributed by atoms with Crippen molar-refractivity contribution in [1.29, 1.82) is 0 Å². The van der Waals surface area contributed by atoms with E-state index < -0.39 is 17.4 Å². The Hall–Kier alpha value is -2.10. The van der Waals surface area contributed by atoms with Crippen molar-refractivity contribution in [3.8, 4) is 0 Å². The first-order valence-corrected chi connectivity index (χ1v) is 5.00. The predicted molar refractivity (Wildman–Crippen MR) is 58.8 cm³/mol. The summed E-state index contributed by atoms with van der Waals surface area (Å²) in [6.07, 6.45) is 1.52. The van der Waals surface area contributed by atoms with Crippen LogP contribution < -0.4 is 0 Å². The number of nitrogens with zero attached hydrogens (tertiary/aromatic N) is 1. The van der Waals surface area contributed by atoms with Crippen LogP contribution in [0.5, 0.6) is 0 Å². The summed E-state index contributed by atoms with van der Waals surface area (Å²) in [5, 5.41) is 0. The molecular formula is C13H9F2NO. The summed E-state index contributed by atoms with van der Waals surface area (Å²) in [7, 11) is 0. The van der Waals surface area contributed by atoms with Gasteiger partial charge in [0.2, 0.25) is 5.78 Å². The molecule has 0 N–H and O–H groups in total. The molecule has 1 heterocycles. The highest BCUT2D eigenvalue weighted by molar-refractivity contribution is 6.07. The Bertz CT molecular complexity index is 564. The molecule has 2 nitrogen and oxygen atoms in total. The van der Waals surface area contributed by atoms with Crippen molar-refractivity contribution in [3.05, 3.63) is 65.0 Å². The first-order valence-electron chi connectivity index (χ1n) is 5.00. The monoisotopic (exact) mass is 233 g/mol. The number of carbonyl (C=O) groups excluding carboxylic acids is 1.